The molecule has 0 radical (unpaired) electrons. The summed E-state index contributed by atoms with van der Waals surface area (Å²) in [6.45, 7) is 3.57. The van der Waals surface area contributed by atoms with Gasteiger partial charge < -0.3 is 10.0 Å². The van der Waals surface area contributed by atoms with E-state index in [4.69, 9.17) is 5.11 Å². The minimum Gasteiger partial charge on any atom is -0.478 e. The lowest BCUT2D eigenvalue weighted by Crippen LogP contribution is -2.30. The molecule has 0 saturated carbocycles. The van der Waals surface area contributed by atoms with Gasteiger partial charge in [-0.05, 0) is 37.0 Å². The van der Waals surface area contributed by atoms with E-state index in [0.717, 1.165) is 25.0 Å². The molecule has 1 heterocycles. The minimum atomic E-state index is -0.868. The summed E-state index contributed by atoms with van der Waals surface area (Å²) in [4.78, 5) is 12.9. The SMILES string of the molecule is C/C(=C\C(=O)O)CN1CCCc2ccccc21. The third kappa shape index (κ3) is 2.87. The van der Waals surface area contributed by atoms with E-state index < -0.39 is 5.97 Å². The molecule has 0 amide bonds. The normalized spacial score (nSPS) is 15.6. The van der Waals surface area contributed by atoms with Crippen molar-refractivity contribution in [2.24, 2.45) is 0 Å². The fourth-order valence-electron chi connectivity index (χ4n) is 2.33. The van der Waals surface area contributed by atoms with E-state index >= 15 is 0 Å². The maximum Gasteiger partial charge on any atom is 0.328 e. The molecule has 90 valence electrons. The molecule has 0 atom stereocenters. The van der Waals surface area contributed by atoms with Crippen molar-refractivity contribution < 1.29 is 9.90 Å². The molecule has 1 N–H and O–H groups in total. The Morgan fingerprint density at radius 3 is 3.00 bits per heavy atom. The summed E-state index contributed by atoms with van der Waals surface area (Å²) in [7, 11) is 0. The molecule has 1 aliphatic rings. The van der Waals surface area contributed by atoms with E-state index in [1.807, 2.05) is 13.0 Å². The maximum atomic E-state index is 10.6. The van der Waals surface area contributed by atoms with Crippen LogP contribution >= 0.6 is 0 Å². The lowest BCUT2D eigenvalue weighted by molar-refractivity contribution is -0.131. The number of carboxylic acid groups (broad SMARTS) is 1. The second-order valence-corrected chi connectivity index (χ2v) is 4.48. The first-order valence-corrected chi connectivity index (χ1v) is 5.90. The molecule has 0 bridgehead atoms. The van der Waals surface area contributed by atoms with Gasteiger partial charge in [0, 0.05) is 24.9 Å². The van der Waals surface area contributed by atoms with Crippen molar-refractivity contribution in [1.82, 2.24) is 0 Å². The average molecular weight is 231 g/mol. The number of aliphatic carboxylic acids is 1. The van der Waals surface area contributed by atoms with Gasteiger partial charge in [0.2, 0.25) is 0 Å². The molecular weight excluding hydrogens is 214 g/mol. The zero-order valence-electron chi connectivity index (χ0n) is 10.0. The van der Waals surface area contributed by atoms with Crippen molar-refractivity contribution in [3.05, 3.63) is 41.5 Å². The predicted molar refractivity (Wildman–Crippen MR) is 68.4 cm³/mol. The summed E-state index contributed by atoms with van der Waals surface area (Å²) in [5, 5.41) is 8.71. The molecule has 0 saturated heterocycles. The molecule has 3 nitrogen and oxygen atoms in total. The topological polar surface area (TPSA) is 40.5 Å². The van der Waals surface area contributed by atoms with Crippen LogP contribution < -0.4 is 4.90 Å². The van der Waals surface area contributed by atoms with Crippen molar-refractivity contribution >= 4 is 11.7 Å². The molecule has 2 rings (SSSR count). The van der Waals surface area contributed by atoms with Crippen LogP contribution in [0.4, 0.5) is 5.69 Å². The minimum absolute atomic E-state index is 0.698. The van der Waals surface area contributed by atoms with Crippen molar-refractivity contribution in [2.75, 3.05) is 18.0 Å². The Labute approximate surface area is 101 Å². The van der Waals surface area contributed by atoms with E-state index in [9.17, 15) is 4.79 Å². The second kappa shape index (κ2) is 5.04. The predicted octanol–water partition coefficient (Wildman–Crippen LogP) is 2.47. The highest BCUT2D eigenvalue weighted by Gasteiger charge is 2.16. The molecule has 1 aromatic rings. The molecule has 0 aromatic heterocycles. The standard InChI is InChI=1S/C14H17NO2/c1-11(9-14(16)17)10-15-8-4-6-12-5-2-3-7-13(12)15/h2-3,5,7,9H,4,6,8,10H2,1H3,(H,16,17)/b11-9+. The number of anilines is 1. The van der Waals surface area contributed by atoms with Crippen LogP contribution in [0.25, 0.3) is 0 Å². The summed E-state index contributed by atoms with van der Waals surface area (Å²) in [5.74, 6) is -0.868. The van der Waals surface area contributed by atoms with Gasteiger partial charge in [-0.3, -0.25) is 0 Å². The van der Waals surface area contributed by atoms with Crippen molar-refractivity contribution in [1.29, 1.82) is 0 Å². The number of carbonyl (C=O) groups is 1. The fourth-order valence-corrected chi connectivity index (χ4v) is 2.33. The number of carboxylic acids is 1. The van der Waals surface area contributed by atoms with Gasteiger partial charge in [0.15, 0.2) is 0 Å². The van der Waals surface area contributed by atoms with Gasteiger partial charge in [0.25, 0.3) is 0 Å². The monoisotopic (exact) mass is 231 g/mol. The number of hydrogen-bond donors (Lipinski definition) is 1. The van der Waals surface area contributed by atoms with Gasteiger partial charge in [0.05, 0.1) is 0 Å². The Balaban J connectivity index is 2.16. The Morgan fingerprint density at radius 1 is 1.47 bits per heavy atom. The van der Waals surface area contributed by atoms with Crippen LogP contribution in [-0.2, 0) is 11.2 Å². The number of aryl methyl sites for hydroxylation is 1. The molecule has 1 aliphatic heterocycles. The number of fused-ring (bicyclic) bond motifs is 1. The fraction of sp³-hybridized carbons (Fsp3) is 0.357. The van der Waals surface area contributed by atoms with Gasteiger partial charge in [-0.15, -0.1) is 0 Å². The first kappa shape index (κ1) is 11.7. The Hall–Kier alpha value is -1.77. The van der Waals surface area contributed by atoms with E-state index in [-0.39, 0.29) is 0 Å². The van der Waals surface area contributed by atoms with Crippen molar-refractivity contribution in [2.45, 2.75) is 19.8 Å². The van der Waals surface area contributed by atoms with E-state index in [0.29, 0.717) is 6.54 Å². The molecule has 0 spiro atoms. The highest BCUT2D eigenvalue weighted by Crippen LogP contribution is 2.27. The zero-order valence-corrected chi connectivity index (χ0v) is 10.0. The smallest absolute Gasteiger partial charge is 0.328 e. The van der Waals surface area contributed by atoms with Crippen LogP contribution in [0.15, 0.2) is 35.9 Å². The van der Waals surface area contributed by atoms with Crippen LogP contribution in [-0.4, -0.2) is 24.2 Å². The lowest BCUT2D eigenvalue weighted by atomic mass is 10.0. The summed E-state index contributed by atoms with van der Waals surface area (Å²) >= 11 is 0. The van der Waals surface area contributed by atoms with Crippen LogP contribution in [0.3, 0.4) is 0 Å². The number of benzene rings is 1. The Morgan fingerprint density at radius 2 is 2.24 bits per heavy atom. The van der Waals surface area contributed by atoms with Crippen LogP contribution in [0, 0.1) is 0 Å². The van der Waals surface area contributed by atoms with Crippen LogP contribution in [0.1, 0.15) is 18.9 Å². The van der Waals surface area contributed by atoms with Crippen LogP contribution in [0.5, 0.6) is 0 Å². The van der Waals surface area contributed by atoms with E-state index in [1.54, 1.807) is 0 Å². The molecule has 1 aromatic carbocycles. The van der Waals surface area contributed by atoms with Gasteiger partial charge in [0.1, 0.15) is 0 Å². The van der Waals surface area contributed by atoms with Crippen molar-refractivity contribution in [3.63, 3.8) is 0 Å². The number of rotatable bonds is 3. The van der Waals surface area contributed by atoms with Gasteiger partial charge in [-0.2, -0.15) is 0 Å². The molecule has 17 heavy (non-hydrogen) atoms. The highest BCUT2D eigenvalue weighted by atomic mass is 16.4. The largest absolute Gasteiger partial charge is 0.478 e. The zero-order chi connectivity index (χ0) is 12.3. The number of hydrogen-bond acceptors (Lipinski definition) is 2. The van der Waals surface area contributed by atoms with E-state index in [1.165, 1.54) is 17.3 Å². The molecule has 0 unspecified atom stereocenters. The van der Waals surface area contributed by atoms with Gasteiger partial charge in [-0.1, -0.05) is 18.2 Å². The Kier molecular flexibility index (Phi) is 3.47. The summed E-state index contributed by atoms with van der Waals surface area (Å²) in [5.41, 5.74) is 3.49. The quantitative estimate of drug-likeness (QED) is 0.812. The van der Waals surface area contributed by atoms with E-state index in [2.05, 4.69) is 23.1 Å². The maximum absolute atomic E-state index is 10.6. The van der Waals surface area contributed by atoms with Gasteiger partial charge in [-0.25, -0.2) is 4.79 Å². The summed E-state index contributed by atoms with van der Waals surface area (Å²) < 4.78 is 0. The van der Waals surface area contributed by atoms with Crippen LogP contribution in [0.2, 0.25) is 0 Å². The first-order chi connectivity index (χ1) is 8.16. The lowest BCUT2D eigenvalue weighted by Gasteiger charge is -2.31. The number of para-hydroxylation sites is 1. The summed E-state index contributed by atoms with van der Waals surface area (Å²) in [6, 6.07) is 8.36. The second-order valence-electron chi connectivity index (χ2n) is 4.48. The first-order valence-electron chi connectivity index (χ1n) is 5.90. The number of nitrogens with zero attached hydrogens (tertiary/aromatic N) is 1. The average Bonchev–Trinajstić information content (AvgIpc) is 2.28. The summed E-state index contributed by atoms with van der Waals surface area (Å²) in [6.07, 6.45) is 3.54. The third-order valence-corrected chi connectivity index (χ3v) is 3.02. The van der Waals surface area contributed by atoms with Gasteiger partial charge >= 0.3 is 5.97 Å². The third-order valence-electron chi connectivity index (χ3n) is 3.02. The molecule has 0 aliphatic carbocycles. The molecule has 0 fully saturated rings. The molecule has 3 heteroatoms. The molecular formula is C14H17NO2. The highest BCUT2D eigenvalue weighted by molar-refractivity contribution is 5.80. The Bertz CT molecular complexity index is 451. The van der Waals surface area contributed by atoms with Crippen molar-refractivity contribution in [3.8, 4) is 0 Å².